The molecule has 1 amide bonds. The van der Waals surface area contributed by atoms with Crippen LogP contribution in [0, 0.1) is 4.91 Å². The average Bonchev–Trinajstić information content (AvgIpc) is 2.92. The first-order valence-electron chi connectivity index (χ1n) is 12.6. The molecule has 0 bridgehead atoms. The van der Waals surface area contributed by atoms with Crippen molar-refractivity contribution in [1.29, 1.82) is 0 Å². The molecule has 0 aliphatic heterocycles. The summed E-state index contributed by atoms with van der Waals surface area (Å²) in [5.74, 6) is 0.487. The summed E-state index contributed by atoms with van der Waals surface area (Å²) >= 11 is 0. The average molecular weight is 481 g/mol. The number of rotatable bonds is 10. The number of benzene rings is 2. The Kier molecular flexibility index (Phi) is 8.50. The van der Waals surface area contributed by atoms with Gasteiger partial charge in [-0.2, -0.15) is 0 Å². The summed E-state index contributed by atoms with van der Waals surface area (Å²) in [4.78, 5) is 33.8. The van der Waals surface area contributed by atoms with Gasteiger partial charge in [-0.15, -0.1) is 4.91 Å². The van der Waals surface area contributed by atoms with E-state index in [0.717, 1.165) is 53.0 Å². The fourth-order valence-electron chi connectivity index (χ4n) is 4.45. The summed E-state index contributed by atoms with van der Waals surface area (Å²) < 4.78 is 0. The van der Waals surface area contributed by atoms with Gasteiger partial charge in [-0.1, -0.05) is 67.1 Å². The molecule has 6 nitrogen and oxygen atoms in total. The number of allylic oxidation sites excluding steroid dienone is 4. The molecular weight excluding hydrogens is 448 g/mol. The molecule has 1 aliphatic rings. The molecule has 0 saturated heterocycles. The molecule has 0 atom stereocenters. The quantitative estimate of drug-likeness (QED) is 0.249. The van der Waals surface area contributed by atoms with Crippen molar-refractivity contribution in [3.63, 3.8) is 0 Å². The first kappa shape index (κ1) is 25.2. The highest BCUT2D eigenvalue weighted by molar-refractivity contribution is 5.90. The second kappa shape index (κ2) is 12.2. The van der Waals surface area contributed by atoms with Gasteiger partial charge in [0.15, 0.2) is 5.82 Å². The van der Waals surface area contributed by atoms with E-state index in [-0.39, 0.29) is 5.91 Å². The summed E-state index contributed by atoms with van der Waals surface area (Å²) in [7, 11) is 0. The van der Waals surface area contributed by atoms with E-state index in [1.54, 1.807) is 6.07 Å². The van der Waals surface area contributed by atoms with Crippen molar-refractivity contribution >= 4 is 17.4 Å². The molecular formula is C30H32N4O2. The van der Waals surface area contributed by atoms with E-state index in [1.165, 1.54) is 5.57 Å². The summed E-state index contributed by atoms with van der Waals surface area (Å²) in [6.07, 6.45) is 11.3. The second-order valence-electron chi connectivity index (χ2n) is 8.95. The fourth-order valence-corrected chi connectivity index (χ4v) is 4.45. The summed E-state index contributed by atoms with van der Waals surface area (Å²) in [6, 6.07) is 15.5. The van der Waals surface area contributed by atoms with Crippen LogP contribution in [-0.2, 0) is 30.5 Å². The Morgan fingerprint density at radius 1 is 1.06 bits per heavy atom. The van der Waals surface area contributed by atoms with E-state index in [0.29, 0.717) is 37.2 Å². The molecule has 0 saturated carbocycles. The van der Waals surface area contributed by atoms with E-state index >= 15 is 0 Å². The molecule has 0 spiro atoms. The Morgan fingerprint density at radius 3 is 2.64 bits per heavy atom. The Labute approximate surface area is 212 Å². The Balaban J connectivity index is 1.61. The van der Waals surface area contributed by atoms with E-state index < -0.39 is 0 Å². The number of nitrogens with one attached hydrogen (secondary N) is 1. The maximum Gasteiger partial charge on any atom is 0.225 e. The Morgan fingerprint density at radius 2 is 1.89 bits per heavy atom. The predicted molar refractivity (Wildman–Crippen MR) is 145 cm³/mol. The molecule has 0 radical (unpaired) electrons. The van der Waals surface area contributed by atoms with Gasteiger partial charge in [0.05, 0.1) is 17.1 Å². The van der Waals surface area contributed by atoms with Crippen molar-refractivity contribution < 1.29 is 4.79 Å². The number of carbonyl (C=O) groups excluding carboxylic acids is 1. The zero-order valence-electron chi connectivity index (χ0n) is 21.0. The highest BCUT2D eigenvalue weighted by Crippen LogP contribution is 2.35. The van der Waals surface area contributed by atoms with Crippen LogP contribution in [0.15, 0.2) is 77.5 Å². The van der Waals surface area contributed by atoms with Gasteiger partial charge < -0.3 is 5.32 Å². The number of aryl methyl sites for hydroxylation is 4. The van der Waals surface area contributed by atoms with Crippen molar-refractivity contribution in [3.05, 3.63) is 99.8 Å². The first-order chi connectivity index (χ1) is 17.6. The van der Waals surface area contributed by atoms with Crippen molar-refractivity contribution in [2.75, 3.05) is 5.32 Å². The van der Waals surface area contributed by atoms with E-state index in [9.17, 15) is 9.70 Å². The third kappa shape index (κ3) is 6.19. The molecule has 0 fully saturated rings. The second-order valence-corrected chi connectivity index (χ2v) is 8.95. The minimum absolute atomic E-state index is 0.0654. The highest BCUT2D eigenvalue weighted by atomic mass is 16.3. The van der Waals surface area contributed by atoms with Gasteiger partial charge >= 0.3 is 0 Å². The van der Waals surface area contributed by atoms with E-state index in [1.807, 2.05) is 49.4 Å². The predicted octanol–water partition coefficient (Wildman–Crippen LogP) is 7.06. The molecule has 184 valence electrons. The van der Waals surface area contributed by atoms with Gasteiger partial charge in [0.25, 0.3) is 0 Å². The van der Waals surface area contributed by atoms with E-state index in [4.69, 9.17) is 9.97 Å². The molecule has 1 N–H and O–H groups in total. The minimum atomic E-state index is -0.0654. The molecule has 1 aromatic heterocycles. The van der Waals surface area contributed by atoms with Gasteiger partial charge in [0.2, 0.25) is 5.91 Å². The molecule has 1 heterocycles. The van der Waals surface area contributed by atoms with Crippen molar-refractivity contribution in [2.45, 2.75) is 58.8 Å². The topological polar surface area (TPSA) is 84.3 Å². The van der Waals surface area contributed by atoms with Crippen LogP contribution in [0.25, 0.3) is 11.3 Å². The zero-order chi connectivity index (χ0) is 25.3. The zero-order valence-corrected chi connectivity index (χ0v) is 21.0. The monoisotopic (exact) mass is 480 g/mol. The lowest BCUT2D eigenvalue weighted by atomic mass is 9.91. The van der Waals surface area contributed by atoms with Crippen molar-refractivity contribution in [1.82, 2.24) is 9.97 Å². The van der Waals surface area contributed by atoms with Crippen LogP contribution in [0.3, 0.4) is 0 Å². The lowest BCUT2D eigenvalue weighted by Crippen LogP contribution is -2.19. The third-order valence-electron chi connectivity index (χ3n) is 6.45. The van der Waals surface area contributed by atoms with Crippen molar-refractivity contribution in [3.8, 4) is 11.3 Å². The molecule has 36 heavy (non-hydrogen) atoms. The molecule has 6 heteroatoms. The van der Waals surface area contributed by atoms with Crippen LogP contribution in [0.4, 0.5) is 11.5 Å². The number of hydrogen-bond acceptors (Lipinski definition) is 5. The van der Waals surface area contributed by atoms with Crippen LogP contribution in [-0.4, -0.2) is 15.9 Å². The van der Waals surface area contributed by atoms with Gasteiger partial charge in [-0.05, 0) is 73.9 Å². The molecule has 1 aliphatic carbocycles. The standard InChI is InChI=1S/C30H32N4O2/c1-3-5-9-21(4-2)12-17-27-30(33-28(35)19-13-22-10-7-6-8-11-22)32-26-18-14-23-20-24(34-36)15-16-25(23)29(26)31-27/h4-11,15-16,20H,3,12-14,17-19H2,1-2H3,(H,32,33,35)/b9-5-,21-4+. The number of anilines is 1. The first-order valence-corrected chi connectivity index (χ1v) is 12.6. The number of nitrogens with zero attached hydrogens (tertiary/aromatic N) is 3. The number of aromatic nitrogens is 2. The third-order valence-corrected chi connectivity index (χ3v) is 6.45. The fraction of sp³-hybridized carbons (Fsp3) is 0.300. The van der Waals surface area contributed by atoms with Crippen LogP contribution < -0.4 is 5.32 Å². The lowest BCUT2D eigenvalue weighted by Gasteiger charge is -2.21. The number of carbonyl (C=O) groups is 1. The van der Waals surface area contributed by atoms with Crippen LogP contribution in [0.1, 0.15) is 55.6 Å². The normalized spacial score (nSPS) is 12.8. The van der Waals surface area contributed by atoms with Crippen LogP contribution in [0.5, 0.6) is 0 Å². The summed E-state index contributed by atoms with van der Waals surface area (Å²) in [6.45, 7) is 4.15. The highest BCUT2D eigenvalue weighted by Gasteiger charge is 2.23. The SMILES string of the molecule is C/C=C(\C=C/CC)CCc1nc2c(nc1NC(=O)CCc1ccccc1)CCc1cc(N=O)ccc1-2. The van der Waals surface area contributed by atoms with Gasteiger partial charge in [0, 0.05) is 12.0 Å². The summed E-state index contributed by atoms with van der Waals surface area (Å²) in [5, 5.41) is 6.13. The van der Waals surface area contributed by atoms with E-state index in [2.05, 4.69) is 35.6 Å². The Bertz CT molecular complexity index is 1300. The van der Waals surface area contributed by atoms with Crippen LogP contribution in [0.2, 0.25) is 0 Å². The van der Waals surface area contributed by atoms with Gasteiger partial charge in [-0.25, -0.2) is 9.97 Å². The molecule has 3 aromatic rings. The summed E-state index contributed by atoms with van der Waals surface area (Å²) in [5.41, 5.74) is 7.29. The van der Waals surface area contributed by atoms with Crippen LogP contribution >= 0.6 is 0 Å². The van der Waals surface area contributed by atoms with Crippen molar-refractivity contribution in [2.24, 2.45) is 5.18 Å². The number of amides is 1. The maximum absolute atomic E-state index is 12.9. The molecule has 2 aromatic carbocycles. The smallest absolute Gasteiger partial charge is 0.225 e. The molecule has 4 rings (SSSR count). The Hall–Kier alpha value is -3.93. The maximum atomic E-state index is 12.9. The largest absolute Gasteiger partial charge is 0.309 e. The lowest BCUT2D eigenvalue weighted by molar-refractivity contribution is -0.116. The van der Waals surface area contributed by atoms with Gasteiger partial charge in [0.1, 0.15) is 5.69 Å². The molecule has 0 unspecified atom stereocenters. The minimum Gasteiger partial charge on any atom is -0.309 e. The number of nitroso groups, excluding NO2 is 1. The number of fused-ring (bicyclic) bond motifs is 3. The van der Waals surface area contributed by atoms with Gasteiger partial charge in [-0.3, -0.25) is 4.79 Å². The number of hydrogen-bond donors (Lipinski definition) is 1.